The predicted molar refractivity (Wildman–Crippen MR) is 76.9 cm³/mol. The Morgan fingerprint density at radius 3 is 2.65 bits per heavy atom. The molecule has 0 aliphatic heterocycles. The Morgan fingerprint density at radius 2 is 1.85 bits per heavy atom. The lowest BCUT2D eigenvalue weighted by Crippen LogP contribution is -2.03. The lowest BCUT2D eigenvalue weighted by molar-refractivity contribution is 0.215. The first-order valence-electron chi connectivity index (χ1n) is 6.44. The zero-order chi connectivity index (χ0) is 14.1. The van der Waals surface area contributed by atoms with Crippen LogP contribution >= 0.6 is 0 Å². The van der Waals surface area contributed by atoms with Crippen molar-refractivity contribution in [1.82, 2.24) is 4.98 Å². The number of para-hydroxylation sites is 1. The molecule has 0 bridgehead atoms. The number of aromatic nitrogens is 1. The van der Waals surface area contributed by atoms with Crippen molar-refractivity contribution < 1.29 is 9.50 Å². The van der Waals surface area contributed by atoms with Crippen molar-refractivity contribution in [1.29, 1.82) is 0 Å². The fourth-order valence-corrected chi connectivity index (χ4v) is 2.33. The molecule has 20 heavy (non-hydrogen) atoms. The zero-order valence-corrected chi connectivity index (χ0v) is 11.0. The van der Waals surface area contributed by atoms with Gasteiger partial charge in [-0.05, 0) is 42.3 Å². The van der Waals surface area contributed by atoms with Gasteiger partial charge in [0.15, 0.2) is 0 Å². The smallest absolute Gasteiger partial charge is 0.123 e. The van der Waals surface area contributed by atoms with Gasteiger partial charge in [0.1, 0.15) is 11.9 Å². The van der Waals surface area contributed by atoms with Crippen molar-refractivity contribution >= 4 is 10.9 Å². The summed E-state index contributed by atoms with van der Waals surface area (Å²) in [6, 6.07) is 15.9. The normalized spacial score (nSPS) is 12.6. The van der Waals surface area contributed by atoms with Crippen molar-refractivity contribution in [2.75, 3.05) is 0 Å². The van der Waals surface area contributed by atoms with Crippen LogP contribution in [0.3, 0.4) is 0 Å². The highest BCUT2D eigenvalue weighted by Gasteiger charge is 2.13. The molecule has 2 aromatic carbocycles. The molecule has 0 fully saturated rings. The second-order valence-corrected chi connectivity index (χ2v) is 4.89. The maximum absolute atomic E-state index is 13.4. The molecular weight excluding hydrogens is 253 g/mol. The SMILES string of the molecule is Cc1cc(F)cc(C(O)c2ccc3ccccc3n2)c1. The van der Waals surface area contributed by atoms with Crippen LogP contribution in [0.25, 0.3) is 10.9 Å². The molecule has 0 saturated carbocycles. The Bertz CT molecular complexity index is 750. The van der Waals surface area contributed by atoms with E-state index in [0.29, 0.717) is 11.3 Å². The molecule has 1 heterocycles. The molecule has 3 heteroatoms. The lowest BCUT2D eigenvalue weighted by atomic mass is 10.0. The van der Waals surface area contributed by atoms with E-state index in [0.717, 1.165) is 16.5 Å². The number of hydrogen-bond donors (Lipinski definition) is 1. The second-order valence-electron chi connectivity index (χ2n) is 4.89. The standard InChI is InChI=1S/C17H14FNO/c1-11-8-13(10-14(18)9-11)17(20)16-7-6-12-4-2-3-5-15(12)19-16/h2-10,17,20H,1H3. The van der Waals surface area contributed by atoms with Crippen molar-refractivity contribution in [3.63, 3.8) is 0 Å². The van der Waals surface area contributed by atoms with Gasteiger partial charge in [-0.3, -0.25) is 0 Å². The Kier molecular flexibility index (Phi) is 3.20. The second kappa shape index (κ2) is 5.02. The minimum Gasteiger partial charge on any atom is -0.382 e. The summed E-state index contributed by atoms with van der Waals surface area (Å²) in [6.45, 7) is 1.80. The van der Waals surface area contributed by atoms with Crippen LogP contribution in [-0.4, -0.2) is 10.1 Å². The summed E-state index contributed by atoms with van der Waals surface area (Å²) in [4.78, 5) is 4.44. The number of aliphatic hydroxyl groups excluding tert-OH is 1. The number of fused-ring (bicyclic) bond motifs is 1. The number of pyridine rings is 1. The number of aryl methyl sites for hydroxylation is 1. The fourth-order valence-electron chi connectivity index (χ4n) is 2.33. The first-order chi connectivity index (χ1) is 9.63. The molecule has 0 amide bonds. The van der Waals surface area contributed by atoms with Gasteiger partial charge in [-0.1, -0.05) is 30.3 Å². The maximum atomic E-state index is 13.4. The average molecular weight is 267 g/mol. The van der Waals surface area contributed by atoms with Gasteiger partial charge in [0.2, 0.25) is 0 Å². The van der Waals surface area contributed by atoms with E-state index < -0.39 is 6.10 Å². The molecule has 3 aromatic rings. The molecule has 1 aromatic heterocycles. The number of nitrogens with zero attached hydrogens (tertiary/aromatic N) is 1. The minimum absolute atomic E-state index is 0.347. The topological polar surface area (TPSA) is 33.1 Å². The first-order valence-corrected chi connectivity index (χ1v) is 6.44. The molecule has 1 unspecified atom stereocenters. The van der Waals surface area contributed by atoms with Crippen LogP contribution in [-0.2, 0) is 0 Å². The van der Waals surface area contributed by atoms with E-state index in [1.165, 1.54) is 12.1 Å². The van der Waals surface area contributed by atoms with E-state index in [-0.39, 0.29) is 5.82 Å². The number of halogens is 1. The summed E-state index contributed by atoms with van der Waals surface area (Å²) in [7, 11) is 0. The number of benzene rings is 2. The lowest BCUT2D eigenvalue weighted by Gasteiger charge is -2.12. The summed E-state index contributed by atoms with van der Waals surface area (Å²) in [5.74, 6) is -0.347. The van der Waals surface area contributed by atoms with Crippen molar-refractivity contribution in [3.8, 4) is 0 Å². The molecule has 100 valence electrons. The number of aliphatic hydroxyl groups is 1. The number of hydrogen-bond acceptors (Lipinski definition) is 2. The van der Waals surface area contributed by atoms with Crippen LogP contribution in [0.5, 0.6) is 0 Å². The van der Waals surface area contributed by atoms with E-state index in [4.69, 9.17) is 0 Å². The summed E-state index contributed by atoms with van der Waals surface area (Å²) >= 11 is 0. The highest BCUT2D eigenvalue weighted by Crippen LogP contribution is 2.24. The molecule has 0 saturated heterocycles. The van der Waals surface area contributed by atoms with E-state index in [1.54, 1.807) is 19.1 Å². The van der Waals surface area contributed by atoms with Crippen LogP contribution in [0.2, 0.25) is 0 Å². The Hall–Kier alpha value is -2.26. The first kappa shape index (κ1) is 12.8. The summed E-state index contributed by atoms with van der Waals surface area (Å²) < 4.78 is 13.4. The van der Waals surface area contributed by atoms with Gasteiger partial charge in [0.25, 0.3) is 0 Å². The van der Waals surface area contributed by atoms with Crippen LogP contribution in [0.15, 0.2) is 54.6 Å². The van der Waals surface area contributed by atoms with Gasteiger partial charge in [-0.25, -0.2) is 9.37 Å². The highest BCUT2D eigenvalue weighted by molar-refractivity contribution is 5.78. The number of rotatable bonds is 2. The molecule has 0 aliphatic rings. The third-order valence-corrected chi connectivity index (χ3v) is 3.28. The molecule has 0 aliphatic carbocycles. The van der Waals surface area contributed by atoms with E-state index in [2.05, 4.69) is 4.98 Å². The molecule has 0 spiro atoms. The Balaban J connectivity index is 2.05. The highest BCUT2D eigenvalue weighted by atomic mass is 19.1. The van der Waals surface area contributed by atoms with Gasteiger partial charge in [-0.2, -0.15) is 0 Å². The maximum Gasteiger partial charge on any atom is 0.123 e. The Labute approximate surface area is 116 Å². The van der Waals surface area contributed by atoms with Gasteiger partial charge < -0.3 is 5.11 Å². The summed E-state index contributed by atoms with van der Waals surface area (Å²) in [6.07, 6.45) is -0.922. The molecule has 1 atom stereocenters. The monoisotopic (exact) mass is 267 g/mol. The van der Waals surface area contributed by atoms with Gasteiger partial charge in [0, 0.05) is 5.39 Å². The summed E-state index contributed by atoms with van der Waals surface area (Å²) in [5.41, 5.74) is 2.64. The van der Waals surface area contributed by atoms with Crippen molar-refractivity contribution in [2.45, 2.75) is 13.0 Å². The molecule has 2 nitrogen and oxygen atoms in total. The van der Waals surface area contributed by atoms with E-state index in [9.17, 15) is 9.50 Å². The van der Waals surface area contributed by atoms with Gasteiger partial charge >= 0.3 is 0 Å². The van der Waals surface area contributed by atoms with E-state index in [1.807, 2.05) is 30.3 Å². The van der Waals surface area contributed by atoms with Crippen LogP contribution < -0.4 is 0 Å². The fraction of sp³-hybridized carbons (Fsp3) is 0.118. The molecule has 3 rings (SSSR count). The quantitative estimate of drug-likeness (QED) is 0.766. The molecule has 1 N–H and O–H groups in total. The van der Waals surface area contributed by atoms with Crippen molar-refractivity contribution in [3.05, 3.63) is 77.2 Å². The van der Waals surface area contributed by atoms with Crippen molar-refractivity contribution in [2.24, 2.45) is 0 Å². The van der Waals surface area contributed by atoms with E-state index >= 15 is 0 Å². The molecule has 0 radical (unpaired) electrons. The summed E-state index contributed by atoms with van der Waals surface area (Å²) in [5, 5.41) is 11.4. The predicted octanol–water partition coefficient (Wildman–Crippen LogP) is 3.76. The third kappa shape index (κ3) is 2.40. The van der Waals surface area contributed by atoms with Crippen LogP contribution in [0.1, 0.15) is 22.9 Å². The third-order valence-electron chi connectivity index (χ3n) is 3.28. The minimum atomic E-state index is -0.922. The zero-order valence-electron chi connectivity index (χ0n) is 11.0. The average Bonchev–Trinajstić information content (AvgIpc) is 2.45. The molecular formula is C17H14FNO. The Morgan fingerprint density at radius 1 is 1.05 bits per heavy atom. The van der Waals surface area contributed by atoms with Gasteiger partial charge in [-0.15, -0.1) is 0 Å². The van der Waals surface area contributed by atoms with Crippen LogP contribution in [0, 0.1) is 12.7 Å². The largest absolute Gasteiger partial charge is 0.382 e. The van der Waals surface area contributed by atoms with Crippen LogP contribution in [0.4, 0.5) is 4.39 Å². The van der Waals surface area contributed by atoms with Gasteiger partial charge in [0.05, 0.1) is 11.2 Å².